The van der Waals surface area contributed by atoms with Crippen molar-refractivity contribution in [1.82, 2.24) is 0 Å². The third kappa shape index (κ3) is 6.31. The molecule has 0 bridgehead atoms. The van der Waals surface area contributed by atoms with E-state index in [4.69, 9.17) is 15.9 Å². The van der Waals surface area contributed by atoms with Crippen LogP contribution < -0.4 is 5.73 Å². The Morgan fingerprint density at radius 2 is 1.43 bits per heavy atom. The summed E-state index contributed by atoms with van der Waals surface area (Å²) in [7, 11) is 0. The van der Waals surface area contributed by atoms with E-state index < -0.39 is 12.0 Å². The fraction of sp³-hybridized carbons (Fsp3) is 0.133. The molecule has 1 atom stereocenters. The second-order valence-corrected chi connectivity index (χ2v) is 4.29. The molecule has 0 unspecified atom stereocenters. The van der Waals surface area contributed by atoms with Crippen LogP contribution in [-0.2, 0) is 20.8 Å². The van der Waals surface area contributed by atoms with Crippen molar-refractivity contribution in [1.29, 1.82) is 0 Å². The number of rotatable bonds is 3. The predicted molar refractivity (Wildman–Crippen MR) is 75.7 cm³/mol. The number of hydrogen-bond acceptors (Lipinski definition) is 5. The molecule has 0 aromatic heterocycles. The average molecular weight is 289 g/mol. The maximum absolute atomic E-state index is 10.4. The first-order chi connectivity index (χ1) is 9.88. The number of allylic oxidation sites excluding steroid dienone is 4. The summed E-state index contributed by atoms with van der Waals surface area (Å²) < 4.78 is 0. The van der Waals surface area contributed by atoms with E-state index in [0.29, 0.717) is 0 Å². The van der Waals surface area contributed by atoms with Crippen LogP contribution >= 0.6 is 0 Å². The predicted octanol–water partition coefficient (Wildman–Crippen LogP) is 0.597. The highest BCUT2D eigenvalue weighted by Gasteiger charge is 2.11. The number of phenolic OH excluding ortho intramolecular Hbond substituents is 1. The van der Waals surface area contributed by atoms with Crippen molar-refractivity contribution in [3.63, 3.8) is 0 Å². The number of phenols is 1. The van der Waals surface area contributed by atoms with Crippen molar-refractivity contribution in [3.8, 4) is 5.75 Å². The average Bonchev–Trinajstić information content (AvgIpc) is 2.45. The lowest BCUT2D eigenvalue weighted by atomic mass is 10.1. The summed E-state index contributed by atoms with van der Waals surface area (Å²) in [6.45, 7) is 0. The van der Waals surface area contributed by atoms with Crippen LogP contribution in [0, 0.1) is 0 Å². The Balaban J connectivity index is 0.000000235. The third-order valence-electron chi connectivity index (χ3n) is 2.53. The van der Waals surface area contributed by atoms with Gasteiger partial charge in [-0.15, -0.1) is 0 Å². The molecule has 1 aromatic carbocycles. The second kappa shape index (κ2) is 7.76. The highest BCUT2D eigenvalue weighted by Crippen LogP contribution is 2.10. The van der Waals surface area contributed by atoms with Crippen molar-refractivity contribution < 1.29 is 24.6 Å². The molecule has 0 aliphatic heterocycles. The number of hydrogen-bond donors (Lipinski definition) is 3. The normalized spacial score (nSPS) is 14.3. The van der Waals surface area contributed by atoms with Gasteiger partial charge in [0.1, 0.15) is 11.8 Å². The fourth-order valence-electron chi connectivity index (χ4n) is 1.41. The van der Waals surface area contributed by atoms with E-state index in [1.807, 2.05) is 0 Å². The van der Waals surface area contributed by atoms with E-state index in [2.05, 4.69) is 0 Å². The van der Waals surface area contributed by atoms with E-state index in [0.717, 1.165) is 5.56 Å². The van der Waals surface area contributed by atoms with Crippen LogP contribution in [-0.4, -0.2) is 33.8 Å². The number of carboxylic acid groups (broad SMARTS) is 1. The van der Waals surface area contributed by atoms with Crippen LogP contribution in [0.5, 0.6) is 5.75 Å². The summed E-state index contributed by atoms with van der Waals surface area (Å²) in [4.78, 5) is 31.0. The van der Waals surface area contributed by atoms with E-state index in [9.17, 15) is 14.4 Å². The second-order valence-electron chi connectivity index (χ2n) is 4.29. The zero-order chi connectivity index (χ0) is 15.8. The van der Waals surface area contributed by atoms with Gasteiger partial charge in [0.25, 0.3) is 0 Å². The molecule has 6 nitrogen and oxygen atoms in total. The van der Waals surface area contributed by atoms with Crippen molar-refractivity contribution >= 4 is 17.5 Å². The molecule has 0 radical (unpaired) electrons. The van der Waals surface area contributed by atoms with Crippen molar-refractivity contribution in [3.05, 3.63) is 54.1 Å². The zero-order valence-electron chi connectivity index (χ0n) is 11.1. The fourth-order valence-corrected chi connectivity index (χ4v) is 1.41. The molecule has 0 saturated carbocycles. The van der Waals surface area contributed by atoms with Gasteiger partial charge in [0.15, 0.2) is 11.6 Å². The van der Waals surface area contributed by atoms with E-state index in [-0.39, 0.29) is 23.7 Å². The summed E-state index contributed by atoms with van der Waals surface area (Å²) in [6, 6.07) is 5.42. The monoisotopic (exact) mass is 289 g/mol. The maximum Gasteiger partial charge on any atom is 0.320 e. The van der Waals surface area contributed by atoms with Crippen LogP contribution in [0.15, 0.2) is 48.6 Å². The van der Waals surface area contributed by atoms with Gasteiger partial charge in [-0.05, 0) is 48.4 Å². The Kier molecular flexibility index (Phi) is 6.03. The highest BCUT2D eigenvalue weighted by molar-refractivity contribution is 6.14. The lowest BCUT2D eigenvalue weighted by Gasteiger charge is -2.05. The van der Waals surface area contributed by atoms with Gasteiger partial charge < -0.3 is 15.9 Å². The van der Waals surface area contributed by atoms with Gasteiger partial charge in [-0.25, -0.2) is 0 Å². The van der Waals surface area contributed by atoms with Crippen LogP contribution in [0.25, 0.3) is 0 Å². The number of ketones is 2. The molecule has 0 spiro atoms. The van der Waals surface area contributed by atoms with E-state index in [1.54, 1.807) is 12.1 Å². The number of benzene rings is 1. The molecule has 1 aliphatic carbocycles. The van der Waals surface area contributed by atoms with Crippen LogP contribution in [0.1, 0.15) is 5.56 Å². The first-order valence-corrected chi connectivity index (χ1v) is 6.09. The van der Waals surface area contributed by atoms with Crippen LogP contribution in [0.4, 0.5) is 0 Å². The molecule has 0 heterocycles. The largest absolute Gasteiger partial charge is 0.508 e. The molecule has 0 saturated heterocycles. The summed E-state index contributed by atoms with van der Waals surface area (Å²) in [5, 5.41) is 17.5. The number of carboxylic acids is 1. The van der Waals surface area contributed by atoms with Crippen LogP contribution in [0.3, 0.4) is 0 Å². The Bertz CT molecular complexity index is 549. The standard InChI is InChI=1S/C9H11NO3.C6H4O2/c10-8(9(12)13)5-6-1-3-7(11)4-2-6;7-5-1-2-6(8)4-3-5/h1-4,8,11H,5,10H2,(H,12,13);1-4H/t8-;/m0./s1. The molecule has 110 valence electrons. The van der Waals surface area contributed by atoms with Gasteiger partial charge in [0.2, 0.25) is 0 Å². The number of carbonyl (C=O) groups excluding carboxylic acids is 2. The molecule has 0 amide bonds. The Morgan fingerprint density at radius 3 is 1.81 bits per heavy atom. The number of aromatic hydroxyl groups is 1. The van der Waals surface area contributed by atoms with Crippen molar-refractivity contribution in [2.75, 3.05) is 0 Å². The zero-order valence-corrected chi connectivity index (χ0v) is 11.1. The van der Waals surface area contributed by atoms with Gasteiger partial charge in [0, 0.05) is 0 Å². The summed E-state index contributed by atoms with van der Waals surface area (Å²) in [6.07, 6.45) is 5.28. The molecule has 1 aliphatic rings. The van der Waals surface area contributed by atoms with Gasteiger partial charge in [-0.1, -0.05) is 12.1 Å². The van der Waals surface area contributed by atoms with Gasteiger partial charge >= 0.3 is 5.97 Å². The molecule has 4 N–H and O–H groups in total. The Morgan fingerprint density at radius 1 is 1.00 bits per heavy atom. The third-order valence-corrected chi connectivity index (χ3v) is 2.53. The molecular weight excluding hydrogens is 274 g/mol. The van der Waals surface area contributed by atoms with Crippen LogP contribution in [0.2, 0.25) is 0 Å². The molecule has 21 heavy (non-hydrogen) atoms. The minimum absolute atomic E-state index is 0.121. The number of nitrogens with two attached hydrogens (primary N) is 1. The quantitative estimate of drug-likeness (QED) is 0.701. The number of carbonyl (C=O) groups is 3. The Labute approximate surface area is 121 Å². The summed E-state index contributed by atoms with van der Waals surface area (Å²) in [5.41, 5.74) is 6.12. The van der Waals surface area contributed by atoms with Crippen molar-refractivity contribution in [2.45, 2.75) is 12.5 Å². The first kappa shape index (κ1) is 16.3. The smallest absolute Gasteiger partial charge is 0.320 e. The van der Waals surface area contributed by atoms with Gasteiger partial charge in [-0.3, -0.25) is 14.4 Å². The molecule has 6 heteroatoms. The van der Waals surface area contributed by atoms with Gasteiger partial charge in [0.05, 0.1) is 0 Å². The lowest BCUT2D eigenvalue weighted by Crippen LogP contribution is -2.32. The highest BCUT2D eigenvalue weighted by atomic mass is 16.4. The minimum atomic E-state index is -1.02. The molecule has 1 aromatic rings. The first-order valence-electron chi connectivity index (χ1n) is 6.09. The van der Waals surface area contributed by atoms with Crippen molar-refractivity contribution in [2.24, 2.45) is 5.73 Å². The van der Waals surface area contributed by atoms with E-state index in [1.165, 1.54) is 36.4 Å². The van der Waals surface area contributed by atoms with Gasteiger partial charge in [-0.2, -0.15) is 0 Å². The number of aliphatic carboxylic acids is 1. The molecule has 2 rings (SSSR count). The topological polar surface area (TPSA) is 118 Å². The maximum atomic E-state index is 10.4. The Hall–Kier alpha value is -2.73. The summed E-state index contributed by atoms with van der Waals surface area (Å²) >= 11 is 0. The lowest BCUT2D eigenvalue weighted by molar-refractivity contribution is -0.138. The summed E-state index contributed by atoms with van der Waals surface area (Å²) in [5.74, 6) is -1.10. The molecular formula is C15H15NO5. The minimum Gasteiger partial charge on any atom is -0.508 e. The SMILES string of the molecule is N[C@@H](Cc1ccc(O)cc1)C(=O)O.O=C1C=CC(=O)C=C1. The molecule has 0 fully saturated rings. The van der Waals surface area contributed by atoms with E-state index >= 15 is 0 Å².